The van der Waals surface area contributed by atoms with Gasteiger partial charge in [-0.1, -0.05) is 0 Å². The summed E-state index contributed by atoms with van der Waals surface area (Å²) in [4.78, 5) is 4.39. The molecule has 3 nitrogen and oxygen atoms in total. The van der Waals surface area contributed by atoms with Crippen molar-refractivity contribution in [3.8, 4) is 0 Å². The van der Waals surface area contributed by atoms with Crippen LogP contribution in [0.2, 0.25) is 0 Å². The van der Waals surface area contributed by atoms with Crippen molar-refractivity contribution in [2.24, 2.45) is 0 Å². The molecule has 0 aliphatic carbocycles. The summed E-state index contributed by atoms with van der Waals surface area (Å²) in [6.45, 7) is 4.84. The van der Waals surface area contributed by atoms with Gasteiger partial charge in [0, 0.05) is 24.4 Å². The highest BCUT2D eigenvalue weighted by molar-refractivity contribution is 7.94. The number of hydrogen-bond donors (Lipinski definition) is 0. The molecule has 0 heterocycles. The summed E-state index contributed by atoms with van der Waals surface area (Å²) in [6, 6.07) is 0. The first-order valence-electron chi connectivity index (χ1n) is 3.71. The van der Waals surface area contributed by atoms with Crippen LogP contribution in [0.25, 0.3) is 0 Å². The Morgan fingerprint density at radius 3 is 2.64 bits per heavy atom. The molecular weight excluding hydrogens is 164 g/mol. The van der Waals surface area contributed by atoms with Crippen LogP contribution in [0, 0.1) is 0 Å². The highest BCUT2D eigenvalue weighted by atomic mass is 32.2. The first-order chi connectivity index (χ1) is 5.27. The number of rotatable bonds is 7. The van der Waals surface area contributed by atoms with Crippen LogP contribution in [0.4, 0.5) is 0 Å². The molecule has 0 unspecified atom stereocenters. The van der Waals surface area contributed by atoms with E-state index >= 15 is 0 Å². The predicted molar refractivity (Wildman–Crippen MR) is 46.3 cm³/mol. The molecule has 0 N–H and O–H groups in total. The van der Waals surface area contributed by atoms with Crippen molar-refractivity contribution in [3.63, 3.8) is 0 Å². The fraction of sp³-hybridized carbons (Fsp3) is 1.00. The van der Waals surface area contributed by atoms with Crippen molar-refractivity contribution in [1.29, 1.82) is 0 Å². The van der Waals surface area contributed by atoms with E-state index in [1.807, 2.05) is 13.8 Å². The first-order valence-corrected chi connectivity index (χ1v) is 4.62. The summed E-state index contributed by atoms with van der Waals surface area (Å²) in [5.74, 6) is 0.903. The van der Waals surface area contributed by atoms with Gasteiger partial charge in [0.1, 0.15) is 0 Å². The third-order valence-electron chi connectivity index (χ3n) is 0.939. The lowest BCUT2D eigenvalue weighted by molar-refractivity contribution is -0.160. The van der Waals surface area contributed by atoms with E-state index in [1.54, 1.807) is 0 Å². The van der Waals surface area contributed by atoms with Crippen LogP contribution in [-0.4, -0.2) is 25.6 Å². The minimum atomic E-state index is 0.323. The van der Waals surface area contributed by atoms with Crippen LogP contribution in [0.15, 0.2) is 0 Å². The van der Waals surface area contributed by atoms with E-state index in [-0.39, 0.29) is 0 Å². The zero-order valence-corrected chi connectivity index (χ0v) is 8.15. The molecule has 0 saturated carbocycles. The fourth-order valence-corrected chi connectivity index (χ4v) is 0.919. The minimum absolute atomic E-state index is 0.323. The van der Waals surface area contributed by atoms with Crippen molar-refractivity contribution in [1.82, 2.24) is 0 Å². The van der Waals surface area contributed by atoms with Crippen LogP contribution in [0.3, 0.4) is 0 Å². The maximum atomic E-state index is 5.31. The summed E-state index contributed by atoms with van der Waals surface area (Å²) in [5, 5.41) is 0. The Morgan fingerprint density at radius 1 is 1.36 bits per heavy atom. The first kappa shape index (κ1) is 11.2. The Labute approximate surface area is 72.5 Å². The van der Waals surface area contributed by atoms with Crippen LogP contribution >= 0.6 is 12.0 Å². The molecule has 4 heteroatoms. The Morgan fingerprint density at radius 2 is 2.09 bits per heavy atom. The van der Waals surface area contributed by atoms with Gasteiger partial charge in [-0.3, -0.25) is 0 Å². The highest BCUT2D eigenvalue weighted by Crippen LogP contribution is 2.04. The molecule has 0 aromatic carbocycles. The second-order valence-corrected chi connectivity index (χ2v) is 3.11. The van der Waals surface area contributed by atoms with Crippen molar-refractivity contribution in [2.75, 3.05) is 19.5 Å². The van der Waals surface area contributed by atoms with Crippen LogP contribution in [0.1, 0.15) is 20.3 Å². The molecule has 0 atom stereocenters. The SMILES string of the molecule is COOSCCCOC(C)C. The molecule has 0 amide bonds. The maximum Gasteiger partial charge on any atom is 0.0725 e. The summed E-state index contributed by atoms with van der Waals surface area (Å²) in [7, 11) is 1.50. The van der Waals surface area contributed by atoms with Gasteiger partial charge in [0.2, 0.25) is 0 Å². The number of hydrogen-bond acceptors (Lipinski definition) is 4. The second kappa shape index (κ2) is 8.33. The molecule has 0 radical (unpaired) electrons. The molecule has 0 saturated heterocycles. The average molecular weight is 180 g/mol. The number of ether oxygens (including phenoxy) is 1. The van der Waals surface area contributed by atoms with Gasteiger partial charge in [-0.05, 0) is 20.3 Å². The molecule has 0 spiro atoms. The Kier molecular flexibility index (Phi) is 8.50. The molecule has 68 valence electrons. The van der Waals surface area contributed by atoms with Gasteiger partial charge in [-0.25, -0.2) is 4.89 Å². The molecular formula is C7H16O3S. The van der Waals surface area contributed by atoms with Gasteiger partial charge in [0.15, 0.2) is 0 Å². The minimum Gasteiger partial charge on any atom is -0.379 e. The van der Waals surface area contributed by atoms with E-state index in [2.05, 4.69) is 9.22 Å². The third kappa shape index (κ3) is 10.2. The zero-order chi connectivity index (χ0) is 8.53. The molecule has 0 aromatic rings. The Balaban J connectivity index is 2.80. The average Bonchev–Trinajstić information content (AvgIpc) is 1.96. The third-order valence-corrected chi connectivity index (χ3v) is 1.63. The van der Waals surface area contributed by atoms with E-state index in [0.717, 1.165) is 18.8 Å². The summed E-state index contributed by atoms with van der Waals surface area (Å²) < 4.78 is 9.91. The quantitative estimate of drug-likeness (QED) is 0.259. The molecule has 0 aliphatic rings. The van der Waals surface area contributed by atoms with Crippen molar-refractivity contribution < 1.29 is 14.0 Å². The monoisotopic (exact) mass is 180 g/mol. The van der Waals surface area contributed by atoms with E-state index in [9.17, 15) is 0 Å². The standard InChI is InChI=1S/C7H16O3S/c1-7(2)9-5-4-6-11-10-8-3/h7H,4-6H2,1-3H3. The van der Waals surface area contributed by atoms with Gasteiger partial charge < -0.3 is 4.74 Å². The predicted octanol–water partition coefficient (Wildman–Crippen LogP) is 2.03. The van der Waals surface area contributed by atoms with E-state index in [4.69, 9.17) is 4.74 Å². The topological polar surface area (TPSA) is 27.7 Å². The summed E-state index contributed by atoms with van der Waals surface area (Å²) in [5.41, 5.74) is 0. The van der Waals surface area contributed by atoms with Gasteiger partial charge in [0.05, 0.1) is 13.2 Å². The summed E-state index contributed by atoms with van der Waals surface area (Å²) >= 11 is 1.30. The fourth-order valence-electron chi connectivity index (χ4n) is 0.519. The molecule has 0 fully saturated rings. The Hall–Kier alpha value is 0.230. The zero-order valence-electron chi connectivity index (χ0n) is 7.33. The molecule has 0 aromatic heterocycles. The van der Waals surface area contributed by atoms with Crippen molar-refractivity contribution >= 4 is 12.0 Å². The van der Waals surface area contributed by atoms with E-state index in [1.165, 1.54) is 19.2 Å². The van der Waals surface area contributed by atoms with Gasteiger partial charge in [0.25, 0.3) is 0 Å². The Bertz CT molecular complexity index is 78.1. The van der Waals surface area contributed by atoms with Gasteiger partial charge in [-0.2, -0.15) is 4.33 Å². The maximum absolute atomic E-state index is 5.31. The van der Waals surface area contributed by atoms with E-state index in [0.29, 0.717) is 6.10 Å². The van der Waals surface area contributed by atoms with Gasteiger partial charge in [-0.15, -0.1) is 0 Å². The molecule has 11 heavy (non-hydrogen) atoms. The van der Waals surface area contributed by atoms with E-state index < -0.39 is 0 Å². The van der Waals surface area contributed by atoms with Crippen molar-refractivity contribution in [2.45, 2.75) is 26.4 Å². The lowest BCUT2D eigenvalue weighted by Gasteiger charge is -2.05. The summed E-state index contributed by atoms with van der Waals surface area (Å²) in [6.07, 6.45) is 1.31. The lowest BCUT2D eigenvalue weighted by atomic mass is 10.4. The largest absolute Gasteiger partial charge is 0.379 e. The second-order valence-electron chi connectivity index (χ2n) is 2.33. The normalized spacial score (nSPS) is 10.9. The lowest BCUT2D eigenvalue weighted by Crippen LogP contribution is -2.04. The van der Waals surface area contributed by atoms with Crippen LogP contribution in [0.5, 0.6) is 0 Å². The van der Waals surface area contributed by atoms with Crippen LogP contribution < -0.4 is 0 Å². The molecule has 0 bridgehead atoms. The van der Waals surface area contributed by atoms with Gasteiger partial charge >= 0.3 is 0 Å². The molecule has 0 rings (SSSR count). The van der Waals surface area contributed by atoms with Crippen molar-refractivity contribution in [3.05, 3.63) is 0 Å². The highest BCUT2D eigenvalue weighted by Gasteiger charge is 1.93. The molecule has 0 aliphatic heterocycles. The smallest absolute Gasteiger partial charge is 0.0725 e. The van der Waals surface area contributed by atoms with Crippen LogP contribution in [-0.2, 0) is 14.0 Å².